The summed E-state index contributed by atoms with van der Waals surface area (Å²) < 4.78 is 0. The van der Waals surface area contributed by atoms with Crippen molar-refractivity contribution < 1.29 is 10.2 Å². The molecule has 0 spiro atoms. The van der Waals surface area contributed by atoms with Gasteiger partial charge in [-0.05, 0) is 18.1 Å². The molecule has 5 N–H and O–H groups in total. The molecule has 1 heterocycles. The Kier molecular flexibility index (Phi) is 1.77. The van der Waals surface area contributed by atoms with Gasteiger partial charge >= 0.3 is 0 Å². The van der Waals surface area contributed by atoms with E-state index in [1.807, 2.05) is 0 Å². The van der Waals surface area contributed by atoms with Crippen molar-refractivity contribution >= 4 is 5.69 Å². The molecule has 0 saturated heterocycles. The molecule has 1 atom stereocenters. The van der Waals surface area contributed by atoms with Crippen molar-refractivity contribution in [3.63, 3.8) is 0 Å². The van der Waals surface area contributed by atoms with Crippen LogP contribution >= 0.6 is 0 Å². The number of hydrogen-bond acceptors (Lipinski definition) is 4. The van der Waals surface area contributed by atoms with Gasteiger partial charge in [-0.2, -0.15) is 0 Å². The van der Waals surface area contributed by atoms with Crippen molar-refractivity contribution in [1.29, 1.82) is 0 Å². The summed E-state index contributed by atoms with van der Waals surface area (Å²) in [5.41, 5.74) is 7.29. The Morgan fingerprint density at radius 3 is 2.92 bits per heavy atom. The van der Waals surface area contributed by atoms with E-state index in [-0.39, 0.29) is 17.5 Å². The average molecular weight is 180 g/mol. The van der Waals surface area contributed by atoms with Crippen molar-refractivity contribution in [2.45, 2.75) is 12.5 Å². The minimum Gasteiger partial charge on any atom is -0.508 e. The maximum Gasteiger partial charge on any atom is 0.142 e. The van der Waals surface area contributed by atoms with E-state index in [0.717, 1.165) is 5.56 Å². The fraction of sp³-hybridized carbons (Fsp3) is 0.333. The second kappa shape index (κ2) is 2.81. The van der Waals surface area contributed by atoms with Crippen LogP contribution in [0.1, 0.15) is 5.56 Å². The summed E-state index contributed by atoms with van der Waals surface area (Å²) in [7, 11) is 0. The molecule has 1 aromatic rings. The number of phenolic OH excluding ortho intramolecular Hbond substituents is 2. The van der Waals surface area contributed by atoms with Crippen molar-refractivity contribution in [2.75, 3.05) is 11.9 Å². The molecule has 13 heavy (non-hydrogen) atoms. The average Bonchev–Trinajstić information content (AvgIpc) is 2.02. The van der Waals surface area contributed by atoms with Crippen LogP contribution in [0.2, 0.25) is 0 Å². The Morgan fingerprint density at radius 1 is 1.38 bits per heavy atom. The van der Waals surface area contributed by atoms with E-state index >= 15 is 0 Å². The second-order valence-corrected chi connectivity index (χ2v) is 3.34. The van der Waals surface area contributed by atoms with Gasteiger partial charge in [-0.1, -0.05) is 0 Å². The van der Waals surface area contributed by atoms with E-state index in [1.165, 1.54) is 6.07 Å². The summed E-state index contributed by atoms with van der Waals surface area (Å²) >= 11 is 0. The van der Waals surface area contributed by atoms with Crippen LogP contribution in [0.4, 0.5) is 5.69 Å². The van der Waals surface area contributed by atoms with E-state index in [1.54, 1.807) is 6.07 Å². The van der Waals surface area contributed by atoms with Gasteiger partial charge in [-0.15, -0.1) is 0 Å². The maximum absolute atomic E-state index is 9.46. The molecule has 4 heteroatoms. The molecule has 0 bridgehead atoms. The number of nitrogens with two attached hydrogens (primary N) is 1. The molecule has 1 unspecified atom stereocenters. The van der Waals surface area contributed by atoms with Gasteiger partial charge in [0.25, 0.3) is 0 Å². The molecule has 4 nitrogen and oxygen atoms in total. The van der Waals surface area contributed by atoms with Crippen LogP contribution in [0, 0.1) is 0 Å². The standard InChI is InChI=1S/C9H12N2O2/c10-6-1-5-2-7(12)3-8(13)9(5)11-4-6/h2-3,6,11-13H,1,4,10H2. The molecule has 0 amide bonds. The van der Waals surface area contributed by atoms with Crippen LogP contribution in [-0.4, -0.2) is 22.8 Å². The largest absolute Gasteiger partial charge is 0.508 e. The molecule has 0 fully saturated rings. The number of nitrogens with one attached hydrogen (secondary N) is 1. The third-order valence-corrected chi connectivity index (χ3v) is 2.21. The predicted octanol–water partition coefficient (Wildman–Crippen LogP) is 0.393. The van der Waals surface area contributed by atoms with Crippen LogP contribution < -0.4 is 11.1 Å². The first kappa shape index (κ1) is 8.19. The van der Waals surface area contributed by atoms with Gasteiger partial charge in [0.1, 0.15) is 11.5 Å². The predicted molar refractivity (Wildman–Crippen MR) is 49.9 cm³/mol. The van der Waals surface area contributed by atoms with E-state index in [4.69, 9.17) is 5.73 Å². The number of phenols is 2. The lowest BCUT2D eigenvalue weighted by atomic mass is 9.99. The summed E-state index contributed by atoms with van der Waals surface area (Å²) in [5.74, 6) is 0.161. The van der Waals surface area contributed by atoms with E-state index in [0.29, 0.717) is 18.7 Å². The number of aromatic hydroxyl groups is 2. The quantitative estimate of drug-likeness (QED) is 0.344. The lowest BCUT2D eigenvalue weighted by molar-refractivity contribution is 0.448. The van der Waals surface area contributed by atoms with Crippen LogP contribution in [-0.2, 0) is 6.42 Å². The smallest absolute Gasteiger partial charge is 0.142 e. The molecule has 1 aliphatic rings. The highest BCUT2D eigenvalue weighted by molar-refractivity contribution is 5.65. The molecule has 70 valence electrons. The molecular weight excluding hydrogens is 168 g/mol. The monoisotopic (exact) mass is 180 g/mol. The van der Waals surface area contributed by atoms with Crippen LogP contribution in [0.3, 0.4) is 0 Å². The SMILES string of the molecule is NC1CNc2c(O)cc(O)cc2C1. The van der Waals surface area contributed by atoms with E-state index in [2.05, 4.69) is 5.32 Å². The highest BCUT2D eigenvalue weighted by atomic mass is 16.3. The molecule has 0 aliphatic carbocycles. The Morgan fingerprint density at radius 2 is 2.15 bits per heavy atom. The van der Waals surface area contributed by atoms with Gasteiger partial charge in [0.2, 0.25) is 0 Å². The van der Waals surface area contributed by atoms with Crippen molar-refractivity contribution in [1.82, 2.24) is 0 Å². The van der Waals surface area contributed by atoms with Gasteiger partial charge in [0, 0.05) is 18.7 Å². The number of benzene rings is 1. The first-order chi connectivity index (χ1) is 6.16. The Hall–Kier alpha value is -1.42. The number of fused-ring (bicyclic) bond motifs is 1. The van der Waals surface area contributed by atoms with Crippen molar-refractivity contribution in [3.8, 4) is 11.5 Å². The van der Waals surface area contributed by atoms with Gasteiger partial charge in [-0.3, -0.25) is 0 Å². The summed E-state index contributed by atoms with van der Waals surface area (Å²) in [6.07, 6.45) is 0.685. The van der Waals surface area contributed by atoms with Crippen LogP contribution in [0.5, 0.6) is 11.5 Å². The minimum atomic E-state index is 0.0497. The van der Waals surface area contributed by atoms with Crippen molar-refractivity contribution in [3.05, 3.63) is 17.7 Å². The Labute approximate surface area is 76.0 Å². The third kappa shape index (κ3) is 1.40. The molecule has 1 aromatic carbocycles. The maximum atomic E-state index is 9.46. The second-order valence-electron chi connectivity index (χ2n) is 3.34. The lowest BCUT2D eigenvalue weighted by Gasteiger charge is -2.23. The highest BCUT2D eigenvalue weighted by Crippen LogP contribution is 2.34. The summed E-state index contributed by atoms with van der Waals surface area (Å²) in [6.45, 7) is 0.658. The highest BCUT2D eigenvalue weighted by Gasteiger charge is 2.18. The zero-order chi connectivity index (χ0) is 9.42. The van der Waals surface area contributed by atoms with Gasteiger partial charge < -0.3 is 21.3 Å². The van der Waals surface area contributed by atoms with E-state index in [9.17, 15) is 10.2 Å². The first-order valence-electron chi connectivity index (χ1n) is 4.21. The minimum absolute atomic E-state index is 0.0497. The van der Waals surface area contributed by atoms with Gasteiger partial charge in [0.15, 0.2) is 0 Å². The third-order valence-electron chi connectivity index (χ3n) is 2.21. The molecule has 0 aromatic heterocycles. The lowest BCUT2D eigenvalue weighted by Crippen LogP contribution is -2.35. The van der Waals surface area contributed by atoms with Crippen molar-refractivity contribution in [2.24, 2.45) is 5.73 Å². The fourth-order valence-corrected chi connectivity index (χ4v) is 1.62. The molecule has 0 saturated carbocycles. The zero-order valence-electron chi connectivity index (χ0n) is 7.12. The Balaban J connectivity index is 2.47. The summed E-state index contributed by atoms with van der Waals surface area (Å²) in [4.78, 5) is 0. The van der Waals surface area contributed by atoms with Crippen LogP contribution in [0.15, 0.2) is 12.1 Å². The fourth-order valence-electron chi connectivity index (χ4n) is 1.62. The summed E-state index contributed by atoms with van der Waals surface area (Å²) in [6, 6.07) is 3.00. The molecular formula is C9H12N2O2. The topological polar surface area (TPSA) is 78.5 Å². The van der Waals surface area contributed by atoms with Crippen LogP contribution in [0.25, 0.3) is 0 Å². The molecule has 0 radical (unpaired) electrons. The first-order valence-corrected chi connectivity index (χ1v) is 4.21. The van der Waals surface area contributed by atoms with E-state index < -0.39 is 0 Å². The van der Waals surface area contributed by atoms with Gasteiger partial charge in [-0.25, -0.2) is 0 Å². The summed E-state index contributed by atoms with van der Waals surface area (Å²) in [5, 5.41) is 21.7. The number of hydrogen-bond donors (Lipinski definition) is 4. The van der Waals surface area contributed by atoms with Gasteiger partial charge in [0.05, 0.1) is 5.69 Å². The number of anilines is 1. The Bertz CT molecular complexity index is 339. The molecule has 1 aliphatic heterocycles. The zero-order valence-corrected chi connectivity index (χ0v) is 7.12. The normalized spacial score (nSPS) is 20.5. The number of rotatable bonds is 0. The molecule has 2 rings (SSSR count).